The van der Waals surface area contributed by atoms with Crippen LogP contribution in [-0.4, -0.2) is 78.0 Å². The first-order valence-corrected chi connectivity index (χ1v) is 18.9. The van der Waals surface area contributed by atoms with Gasteiger partial charge in [0.2, 0.25) is 11.8 Å². The molecule has 53 heavy (non-hydrogen) atoms. The third-order valence-electron chi connectivity index (χ3n) is 10.7. The summed E-state index contributed by atoms with van der Waals surface area (Å²) >= 11 is 0. The zero-order valence-electron chi connectivity index (χ0n) is 30.4. The van der Waals surface area contributed by atoms with Crippen molar-refractivity contribution < 1.29 is 24.2 Å². The number of phenolic OH excluding ortho intramolecular Hbond substituents is 1. The monoisotopic (exact) mass is 712 g/mol. The van der Waals surface area contributed by atoms with E-state index in [1.165, 1.54) is 11.1 Å². The largest absolute Gasteiger partial charge is 0.508 e. The van der Waals surface area contributed by atoms with Gasteiger partial charge in [0.15, 0.2) is 0 Å². The average Bonchev–Trinajstić information content (AvgIpc) is 3.51. The Morgan fingerprint density at radius 3 is 2.23 bits per heavy atom. The number of ether oxygens (including phenoxy) is 1. The van der Waals surface area contributed by atoms with Crippen LogP contribution in [-0.2, 0) is 16.1 Å². The first kappa shape index (κ1) is 36.0. The Morgan fingerprint density at radius 1 is 0.811 bits per heavy atom. The molecular formula is C44H48N4O5. The predicted molar refractivity (Wildman–Crippen MR) is 208 cm³/mol. The number of nitrogens with zero attached hydrogens (tertiary/aromatic N) is 3. The molecule has 274 valence electrons. The highest BCUT2D eigenvalue weighted by molar-refractivity contribution is 6.05. The molecule has 2 N–H and O–H groups in total. The molecule has 2 saturated heterocycles. The minimum atomic E-state index is -0.591. The summed E-state index contributed by atoms with van der Waals surface area (Å²) in [5.74, 6) is 0.340. The molecule has 4 aromatic rings. The highest BCUT2D eigenvalue weighted by Crippen LogP contribution is 2.36. The van der Waals surface area contributed by atoms with Gasteiger partial charge in [-0.2, -0.15) is 0 Å². The van der Waals surface area contributed by atoms with Crippen molar-refractivity contribution >= 4 is 34.6 Å². The molecule has 9 nitrogen and oxygen atoms in total. The van der Waals surface area contributed by atoms with Crippen LogP contribution in [0.4, 0.5) is 5.69 Å². The predicted octanol–water partition coefficient (Wildman–Crippen LogP) is 6.89. The van der Waals surface area contributed by atoms with E-state index in [1.807, 2.05) is 30.3 Å². The molecule has 0 radical (unpaired) electrons. The van der Waals surface area contributed by atoms with E-state index < -0.39 is 6.04 Å². The van der Waals surface area contributed by atoms with Crippen LogP contribution >= 0.6 is 0 Å². The van der Waals surface area contributed by atoms with Crippen molar-refractivity contribution in [2.75, 3.05) is 44.2 Å². The Bertz CT molecular complexity index is 1950. The molecule has 3 amide bonds. The number of aromatic hydroxyl groups is 1. The Balaban J connectivity index is 0.852. The number of imide groups is 1. The van der Waals surface area contributed by atoms with Crippen molar-refractivity contribution in [2.24, 2.45) is 0 Å². The molecule has 1 atom stereocenters. The van der Waals surface area contributed by atoms with E-state index in [2.05, 4.69) is 76.6 Å². The molecule has 0 unspecified atom stereocenters. The van der Waals surface area contributed by atoms with Crippen molar-refractivity contribution in [1.82, 2.24) is 15.1 Å². The number of hydrogen-bond donors (Lipinski definition) is 2. The van der Waals surface area contributed by atoms with Crippen LogP contribution in [0.5, 0.6) is 11.5 Å². The van der Waals surface area contributed by atoms with Gasteiger partial charge in [0.1, 0.15) is 17.5 Å². The van der Waals surface area contributed by atoms with Crippen LogP contribution in [0.2, 0.25) is 0 Å². The van der Waals surface area contributed by atoms with Gasteiger partial charge in [-0.25, -0.2) is 0 Å². The van der Waals surface area contributed by atoms with Crippen molar-refractivity contribution in [1.29, 1.82) is 0 Å². The molecular weight excluding hydrogens is 665 g/mol. The Morgan fingerprint density at radius 2 is 1.53 bits per heavy atom. The maximum absolute atomic E-state index is 13.1. The Kier molecular flexibility index (Phi) is 11.2. The standard InChI is InChI=1S/C44H48N4O5/c1-2-38(31-9-5-3-6-10-31)42(32-11-16-36(49)17-12-32)33-13-18-37(19-14-33)53-28-8-4-7-23-46-24-26-47(27-25-46)35-15-20-39-34(29-35)30-48(44(39)52)40-21-22-41(50)45-43(40)51/h3,5-6,9-20,29,40,49H,2,4,7-8,21-28,30H2,1H3,(H,45,50,51)/b42-38-/t40-/m0/s1. The van der Waals surface area contributed by atoms with Gasteiger partial charge in [-0.05, 0) is 115 Å². The summed E-state index contributed by atoms with van der Waals surface area (Å²) in [6, 6.07) is 31.7. The highest BCUT2D eigenvalue weighted by Gasteiger charge is 2.39. The second-order valence-electron chi connectivity index (χ2n) is 14.1. The molecule has 7 rings (SSSR count). The van der Waals surface area contributed by atoms with Crippen molar-refractivity contribution in [2.45, 2.75) is 58.0 Å². The molecule has 3 aliphatic rings. The maximum Gasteiger partial charge on any atom is 0.255 e. The van der Waals surface area contributed by atoms with E-state index in [9.17, 15) is 19.5 Å². The average molecular weight is 713 g/mol. The van der Waals surface area contributed by atoms with E-state index in [1.54, 1.807) is 17.0 Å². The van der Waals surface area contributed by atoms with Crippen LogP contribution in [0.15, 0.2) is 97.1 Å². The molecule has 9 heteroatoms. The molecule has 0 aromatic heterocycles. The lowest BCUT2D eigenvalue weighted by Gasteiger charge is -2.36. The van der Waals surface area contributed by atoms with E-state index >= 15 is 0 Å². The molecule has 4 aromatic carbocycles. The topological polar surface area (TPSA) is 102 Å². The van der Waals surface area contributed by atoms with Gasteiger partial charge in [0.05, 0.1) is 6.61 Å². The SMILES string of the molecule is CC/C(=C(\c1ccc(O)cc1)c1ccc(OCCCCCN2CCN(c3ccc4c(c3)CN([C@H]3CCC(=O)NC3=O)C4=O)CC2)cc1)c1ccccc1. The van der Waals surface area contributed by atoms with Gasteiger partial charge in [0, 0.05) is 50.4 Å². The number of amides is 3. The van der Waals surface area contributed by atoms with E-state index in [4.69, 9.17) is 4.74 Å². The molecule has 0 spiro atoms. The summed E-state index contributed by atoms with van der Waals surface area (Å²) in [6.45, 7) is 8.17. The number of anilines is 1. The second kappa shape index (κ2) is 16.5. The van der Waals surface area contributed by atoms with Crippen LogP contribution in [0.3, 0.4) is 0 Å². The number of carbonyl (C=O) groups excluding carboxylic acids is 3. The second-order valence-corrected chi connectivity index (χ2v) is 14.1. The number of unbranched alkanes of at least 4 members (excludes halogenated alkanes) is 2. The van der Waals surface area contributed by atoms with Gasteiger partial charge in [0.25, 0.3) is 5.91 Å². The van der Waals surface area contributed by atoms with Gasteiger partial charge < -0.3 is 19.6 Å². The van der Waals surface area contributed by atoms with Gasteiger partial charge in [-0.15, -0.1) is 0 Å². The number of rotatable bonds is 13. The summed E-state index contributed by atoms with van der Waals surface area (Å²) in [5, 5.41) is 12.3. The van der Waals surface area contributed by atoms with E-state index in [0.29, 0.717) is 25.1 Å². The molecule has 3 heterocycles. The molecule has 2 fully saturated rings. The zero-order chi connectivity index (χ0) is 36.7. The molecule has 0 bridgehead atoms. The quantitative estimate of drug-likeness (QED) is 0.0885. The Labute approximate surface area is 311 Å². The highest BCUT2D eigenvalue weighted by atomic mass is 16.5. The van der Waals surface area contributed by atoms with Crippen molar-refractivity contribution in [3.8, 4) is 11.5 Å². The summed E-state index contributed by atoms with van der Waals surface area (Å²) in [5.41, 5.74) is 8.51. The third-order valence-corrected chi connectivity index (χ3v) is 10.7. The fraction of sp³-hybridized carbons (Fsp3) is 0.341. The number of fused-ring (bicyclic) bond motifs is 1. The first-order chi connectivity index (χ1) is 25.9. The molecule has 0 aliphatic carbocycles. The number of benzene rings is 4. The molecule has 3 aliphatic heterocycles. The summed E-state index contributed by atoms with van der Waals surface area (Å²) in [7, 11) is 0. The smallest absolute Gasteiger partial charge is 0.255 e. The number of piperidine rings is 1. The van der Waals surface area contributed by atoms with E-state index in [-0.39, 0.29) is 29.9 Å². The lowest BCUT2D eigenvalue weighted by molar-refractivity contribution is -0.136. The number of allylic oxidation sites excluding steroid dienone is 1. The van der Waals surface area contributed by atoms with Crippen LogP contribution in [0.1, 0.15) is 78.1 Å². The van der Waals surface area contributed by atoms with E-state index in [0.717, 1.165) is 92.1 Å². The number of carbonyl (C=O) groups is 3. The lowest BCUT2D eigenvalue weighted by atomic mass is 9.88. The number of phenols is 1. The number of hydrogen-bond acceptors (Lipinski definition) is 7. The minimum absolute atomic E-state index is 0.132. The number of nitrogens with one attached hydrogen (secondary N) is 1. The minimum Gasteiger partial charge on any atom is -0.508 e. The van der Waals surface area contributed by atoms with Gasteiger partial charge >= 0.3 is 0 Å². The van der Waals surface area contributed by atoms with Crippen molar-refractivity contribution in [3.63, 3.8) is 0 Å². The van der Waals surface area contributed by atoms with Gasteiger partial charge in [-0.3, -0.25) is 24.6 Å². The normalized spacial score (nSPS) is 18.1. The summed E-state index contributed by atoms with van der Waals surface area (Å²) < 4.78 is 6.15. The maximum atomic E-state index is 13.1. The van der Waals surface area contributed by atoms with Crippen LogP contribution < -0.4 is 15.0 Å². The van der Waals surface area contributed by atoms with Crippen LogP contribution in [0.25, 0.3) is 11.1 Å². The van der Waals surface area contributed by atoms with Gasteiger partial charge in [-0.1, -0.05) is 61.5 Å². The lowest BCUT2D eigenvalue weighted by Crippen LogP contribution is -2.52. The fourth-order valence-electron chi connectivity index (χ4n) is 7.82. The fourth-order valence-corrected chi connectivity index (χ4v) is 7.82. The summed E-state index contributed by atoms with van der Waals surface area (Å²) in [4.78, 5) is 43.6. The zero-order valence-corrected chi connectivity index (χ0v) is 30.4. The first-order valence-electron chi connectivity index (χ1n) is 18.9. The summed E-state index contributed by atoms with van der Waals surface area (Å²) in [6.07, 6.45) is 4.73. The number of piperazine rings is 1. The van der Waals surface area contributed by atoms with Crippen LogP contribution in [0, 0.1) is 0 Å². The molecule has 0 saturated carbocycles. The Hall–Kier alpha value is -5.41. The van der Waals surface area contributed by atoms with Crippen molar-refractivity contribution in [3.05, 3.63) is 125 Å². The third kappa shape index (κ3) is 8.31.